The molecular weight excluding hydrogens is 331 g/mol. The summed E-state index contributed by atoms with van der Waals surface area (Å²) < 4.78 is 0.885. The normalized spacial score (nSPS) is 12.2. The lowest BCUT2D eigenvalue weighted by Crippen LogP contribution is -2.36. The highest BCUT2D eigenvalue weighted by molar-refractivity contribution is 14.1. The van der Waals surface area contributed by atoms with Crippen molar-refractivity contribution in [1.82, 2.24) is 10.3 Å². The number of rotatable bonds is 4. The van der Waals surface area contributed by atoms with Crippen LogP contribution in [0.15, 0.2) is 10.9 Å². The van der Waals surface area contributed by atoms with Crippen LogP contribution in [-0.4, -0.2) is 16.9 Å². The van der Waals surface area contributed by atoms with E-state index in [1.807, 2.05) is 13.8 Å². The van der Waals surface area contributed by atoms with Crippen molar-refractivity contribution in [2.24, 2.45) is 0 Å². The van der Waals surface area contributed by atoms with Crippen LogP contribution in [0.25, 0.3) is 0 Å². The molecule has 4 nitrogen and oxygen atoms in total. The molecule has 1 atom stereocenters. The SMILES string of the molecule is CCC[C@H](C)NC(=O)c1cc(I)c(C)[nH]c1=O. The molecule has 0 radical (unpaired) electrons. The molecule has 0 aliphatic rings. The Bertz CT molecular complexity index is 468. The maximum Gasteiger partial charge on any atom is 0.261 e. The molecule has 1 heterocycles. The van der Waals surface area contributed by atoms with E-state index in [9.17, 15) is 9.59 Å². The Morgan fingerprint density at radius 3 is 2.82 bits per heavy atom. The lowest BCUT2D eigenvalue weighted by atomic mass is 10.1. The third-order valence-corrected chi connectivity index (χ3v) is 3.64. The molecule has 2 N–H and O–H groups in total. The molecule has 0 saturated heterocycles. The highest BCUT2D eigenvalue weighted by atomic mass is 127. The summed E-state index contributed by atoms with van der Waals surface area (Å²) in [6.07, 6.45) is 1.91. The minimum Gasteiger partial charge on any atom is -0.349 e. The molecule has 1 amide bonds. The molecule has 94 valence electrons. The second kappa shape index (κ2) is 6.18. The minimum absolute atomic E-state index is 0.0888. The van der Waals surface area contributed by atoms with E-state index >= 15 is 0 Å². The van der Waals surface area contributed by atoms with Crippen LogP contribution in [0, 0.1) is 10.5 Å². The molecule has 1 aromatic heterocycles. The second-order valence-electron chi connectivity index (χ2n) is 4.15. The molecule has 1 aromatic rings. The van der Waals surface area contributed by atoms with Crippen molar-refractivity contribution >= 4 is 28.5 Å². The van der Waals surface area contributed by atoms with Gasteiger partial charge in [0.05, 0.1) is 0 Å². The van der Waals surface area contributed by atoms with E-state index < -0.39 is 0 Å². The fourth-order valence-electron chi connectivity index (χ4n) is 1.57. The zero-order valence-electron chi connectivity index (χ0n) is 10.3. The lowest BCUT2D eigenvalue weighted by Gasteiger charge is -2.12. The fraction of sp³-hybridized carbons (Fsp3) is 0.500. The fourth-order valence-corrected chi connectivity index (χ4v) is 2.02. The molecule has 0 fully saturated rings. The van der Waals surface area contributed by atoms with Crippen molar-refractivity contribution in [1.29, 1.82) is 0 Å². The van der Waals surface area contributed by atoms with Crippen LogP contribution in [0.3, 0.4) is 0 Å². The summed E-state index contributed by atoms with van der Waals surface area (Å²) >= 11 is 2.10. The van der Waals surface area contributed by atoms with Gasteiger partial charge in [-0.15, -0.1) is 0 Å². The number of hydrogen-bond donors (Lipinski definition) is 2. The molecule has 0 aliphatic heterocycles. The largest absolute Gasteiger partial charge is 0.349 e. The monoisotopic (exact) mass is 348 g/mol. The lowest BCUT2D eigenvalue weighted by molar-refractivity contribution is 0.0936. The van der Waals surface area contributed by atoms with Crippen molar-refractivity contribution in [3.8, 4) is 0 Å². The van der Waals surface area contributed by atoms with E-state index in [0.717, 1.165) is 22.1 Å². The van der Waals surface area contributed by atoms with Crippen LogP contribution < -0.4 is 10.9 Å². The average molecular weight is 348 g/mol. The highest BCUT2D eigenvalue weighted by Gasteiger charge is 2.14. The summed E-state index contributed by atoms with van der Waals surface area (Å²) in [5.41, 5.74) is 0.640. The number of carbonyl (C=O) groups is 1. The zero-order valence-corrected chi connectivity index (χ0v) is 12.4. The van der Waals surface area contributed by atoms with Gasteiger partial charge in [-0.05, 0) is 48.9 Å². The van der Waals surface area contributed by atoms with Gasteiger partial charge in [-0.1, -0.05) is 13.3 Å². The highest BCUT2D eigenvalue weighted by Crippen LogP contribution is 2.08. The van der Waals surface area contributed by atoms with Gasteiger partial charge in [-0.25, -0.2) is 0 Å². The Morgan fingerprint density at radius 2 is 2.24 bits per heavy atom. The number of aromatic amines is 1. The van der Waals surface area contributed by atoms with Gasteiger partial charge < -0.3 is 10.3 Å². The van der Waals surface area contributed by atoms with Crippen molar-refractivity contribution in [3.05, 3.63) is 31.2 Å². The summed E-state index contributed by atoms with van der Waals surface area (Å²) in [7, 11) is 0. The molecule has 0 saturated carbocycles. The number of carbonyl (C=O) groups excluding carboxylic acids is 1. The predicted octanol–water partition coefficient (Wildman–Crippen LogP) is 2.21. The van der Waals surface area contributed by atoms with E-state index in [0.29, 0.717) is 0 Å². The first-order valence-electron chi connectivity index (χ1n) is 5.66. The van der Waals surface area contributed by atoms with Gasteiger partial charge in [-0.3, -0.25) is 9.59 Å². The van der Waals surface area contributed by atoms with Crippen molar-refractivity contribution < 1.29 is 4.79 Å². The quantitative estimate of drug-likeness (QED) is 0.820. The standard InChI is InChI=1S/C12H17IN2O2/c1-4-5-7(2)14-11(16)9-6-10(13)8(3)15-12(9)17/h6-7H,4-5H2,1-3H3,(H,14,16)(H,15,17)/t7-/m0/s1. The van der Waals surface area contributed by atoms with Crippen LogP contribution in [0.4, 0.5) is 0 Å². The molecule has 1 rings (SSSR count). The number of nitrogens with one attached hydrogen (secondary N) is 2. The summed E-state index contributed by atoms with van der Waals surface area (Å²) in [6, 6.07) is 1.72. The topological polar surface area (TPSA) is 62.0 Å². The Hall–Kier alpha value is -0.850. The molecule has 0 bridgehead atoms. The third kappa shape index (κ3) is 3.83. The second-order valence-corrected chi connectivity index (χ2v) is 5.31. The number of aromatic nitrogens is 1. The maximum absolute atomic E-state index is 11.9. The van der Waals surface area contributed by atoms with Crippen molar-refractivity contribution in [3.63, 3.8) is 0 Å². The van der Waals surface area contributed by atoms with Gasteiger partial charge >= 0.3 is 0 Å². The first-order chi connectivity index (χ1) is 7.95. The first-order valence-corrected chi connectivity index (χ1v) is 6.73. The van der Waals surface area contributed by atoms with Gasteiger partial charge in [0.1, 0.15) is 5.56 Å². The van der Waals surface area contributed by atoms with Gasteiger partial charge in [0.15, 0.2) is 0 Å². The molecule has 0 spiro atoms. The number of amides is 1. The van der Waals surface area contributed by atoms with E-state index in [-0.39, 0.29) is 23.1 Å². The minimum atomic E-state index is -0.330. The van der Waals surface area contributed by atoms with E-state index in [1.165, 1.54) is 0 Å². The summed E-state index contributed by atoms with van der Waals surface area (Å²) in [5.74, 6) is -0.301. The number of H-pyrrole nitrogens is 1. The summed E-state index contributed by atoms with van der Waals surface area (Å²) in [5, 5.41) is 2.82. The van der Waals surface area contributed by atoms with E-state index in [1.54, 1.807) is 6.07 Å². The maximum atomic E-state index is 11.9. The predicted molar refractivity (Wildman–Crippen MR) is 76.4 cm³/mol. The van der Waals surface area contributed by atoms with Gasteiger partial charge in [0, 0.05) is 15.3 Å². The van der Waals surface area contributed by atoms with Crippen LogP contribution in [0.1, 0.15) is 42.7 Å². The average Bonchev–Trinajstić information content (AvgIpc) is 2.23. The molecule has 5 heteroatoms. The van der Waals surface area contributed by atoms with Gasteiger partial charge in [-0.2, -0.15) is 0 Å². The Balaban J connectivity index is 2.90. The van der Waals surface area contributed by atoms with Gasteiger partial charge in [0.2, 0.25) is 0 Å². The van der Waals surface area contributed by atoms with E-state index in [4.69, 9.17) is 0 Å². The molecule has 17 heavy (non-hydrogen) atoms. The van der Waals surface area contributed by atoms with Crippen LogP contribution in [0.2, 0.25) is 0 Å². The Labute approximate surface area is 114 Å². The van der Waals surface area contributed by atoms with Crippen LogP contribution in [-0.2, 0) is 0 Å². The smallest absolute Gasteiger partial charge is 0.261 e. The zero-order chi connectivity index (χ0) is 13.0. The number of halogens is 1. The Kier molecular flexibility index (Phi) is 5.17. The molecule has 0 unspecified atom stereocenters. The molecule has 0 aliphatic carbocycles. The molecular formula is C12H17IN2O2. The first kappa shape index (κ1) is 14.2. The number of aryl methyl sites for hydroxylation is 1. The number of hydrogen-bond acceptors (Lipinski definition) is 2. The van der Waals surface area contributed by atoms with Crippen molar-refractivity contribution in [2.45, 2.75) is 39.7 Å². The van der Waals surface area contributed by atoms with Crippen molar-refractivity contribution in [2.75, 3.05) is 0 Å². The van der Waals surface area contributed by atoms with E-state index in [2.05, 4.69) is 39.8 Å². The van der Waals surface area contributed by atoms with Crippen LogP contribution in [0.5, 0.6) is 0 Å². The summed E-state index contributed by atoms with van der Waals surface area (Å²) in [4.78, 5) is 26.2. The third-order valence-electron chi connectivity index (χ3n) is 2.52. The summed E-state index contributed by atoms with van der Waals surface area (Å²) in [6.45, 7) is 5.81. The Morgan fingerprint density at radius 1 is 1.59 bits per heavy atom. The number of pyridine rings is 1. The molecule has 0 aromatic carbocycles. The van der Waals surface area contributed by atoms with Crippen LogP contribution >= 0.6 is 22.6 Å². The van der Waals surface area contributed by atoms with Gasteiger partial charge in [0.25, 0.3) is 11.5 Å².